The second-order valence-corrected chi connectivity index (χ2v) is 5.29. The highest BCUT2D eigenvalue weighted by Crippen LogP contribution is 2.18. The van der Waals surface area contributed by atoms with Crippen molar-refractivity contribution in [1.29, 1.82) is 0 Å². The van der Waals surface area contributed by atoms with Crippen molar-refractivity contribution in [2.45, 2.75) is 40.0 Å². The molecule has 0 aliphatic carbocycles. The fourth-order valence-electron chi connectivity index (χ4n) is 1.43. The molecule has 0 atom stereocenters. The number of thiophene rings is 1. The largest absolute Gasteiger partial charge is 0.299 e. The van der Waals surface area contributed by atoms with Crippen molar-refractivity contribution in [3.05, 3.63) is 21.9 Å². The van der Waals surface area contributed by atoms with Crippen molar-refractivity contribution in [2.75, 3.05) is 0 Å². The number of carbonyl (C=O) groups excluding carboxylic acids is 1. The molecule has 1 aromatic rings. The van der Waals surface area contributed by atoms with Gasteiger partial charge >= 0.3 is 0 Å². The molecule has 0 bridgehead atoms. The van der Waals surface area contributed by atoms with Crippen LogP contribution in [0.5, 0.6) is 0 Å². The van der Waals surface area contributed by atoms with E-state index in [1.807, 2.05) is 0 Å². The average molecular weight is 210 g/mol. The van der Waals surface area contributed by atoms with E-state index in [1.165, 1.54) is 9.75 Å². The third kappa shape index (κ3) is 3.62. The van der Waals surface area contributed by atoms with Crippen LogP contribution in [0.25, 0.3) is 0 Å². The third-order valence-electron chi connectivity index (χ3n) is 2.07. The molecule has 0 fully saturated rings. The van der Waals surface area contributed by atoms with Gasteiger partial charge in [-0.1, -0.05) is 20.8 Å². The van der Waals surface area contributed by atoms with Gasteiger partial charge in [-0.25, -0.2) is 0 Å². The van der Waals surface area contributed by atoms with Gasteiger partial charge in [-0.3, -0.25) is 4.79 Å². The van der Waals surface area contributed by atoms with Crippen LogP contribution in [0.15, 0.2) is 12.1 Å². The summed E-state index contributed by atoms with van der Waals surface area (Å²) in [7, 11) is 0. The first-order valence-electron chi connectivity index (χ1n) is 5.21. The number of Topliss-reactive ketones (excluding diaryl/α,β-unsaturated/α-hetero) is 1. The predicted octanol–water partition coefficient (Wildman–Crippen LogP) is 3.47. The summed E-state index contributed by atoms with van der Waals surface area (Å²) in [6, 6.07) is 4.21. The van der Waals surface area contributed by atoms with E-state index in [0.717, 1.165) is 6.42 Å². The lowest BCUT2D eigenvalue weighted by Gasteiger charge is -2.01. The maximum Gasteiger partial charge on any atom is 0.138 e. The maximum atomic E-state index is 11.5. The Morgan fingerprint density at radius 3 is 2.50 bits per heavy atom. The van der Waals surface area contributed by atoms with Crippen LogP contribution >= 0.6 is 11.3 Å². The topological polar surface area (TPSA) is 17.1 Å². The Morgan fingerprint density at radius 1 is 1.36 bits per heavy atom. The van der Waals surface area contributed by atoms with Gasteiger partial charge in [0.2, 0.25) is 0 Å². The summed E-state index contributed by atoms with van der Waals surface area (Å²) in [5.41, 5.74) is 0. The highest BCUT2D eigenvalue weighted by molar-refractivity contribution is 7.12. The first kappa shape index (κ1) is 11.4. The van der Waals surface area contributed by atoms with E-state index in [9.17, 15) is 4.79 Å². The molecule has 1 nitrogen and oxygen atoms in total. The minimum atomic E-state index is 0.365. The molecule has 2 heteroatoms. The van der Waals surface area contributed by atoms with E-state index in [2.05, 4.69) is 32.9 Å². The molecule has 0 saturated heterocycles. The van der Waals surface area contributed by atoms with Gasteiger partial charge in [0.25, 0.3) is 0 Å². The number of ketones is 1. The van der Waals surface area contributed by atoms with Crippen molar-refractivity contribution in [3.63, 3.8) is 0 Å². The maximum absolute atomic E-state index is 11.5. The molecule has 0 spiro atoms. The highest BCUT2D eigenvalue weighted by Gasteiger charge is 2.07. The highest BCUT2D eigenvalue weighted by atomic mass is 32.1. The van der Waals surface area contributed by atoms with E-state index in [4.69, 9.17) is 0 Å². The predicted molar refractivity (Wildman–Crippen MR) is 61.9 cm³/mol. The molecule has 0 aromatic carbocycles. The van der Waals surface area contributed by atoms with Crippen LogP contribution in [-0.2, 0) is 17.6 Å². The van der Waals surface area contributed by atoms with Crippen molar-refractivity contribution >= 4 is 17.1 Å². The molecule has 1 heterocycles. The van der Waals surface area contributed by atoms with Crippen LogP contribution in [0.3, 0.4) is 0 Å². The fourth-order valence-corrected chi connectivity index (χ4v) is 2.42. The second kappa shape index (κ2) is 5.30. The lowest BCUT2D eigenvalue weighted by Crippen LogP contribution is -2.04. The smallest absolute Gasteiger partial charge is 0.138 e. The van der Waals surface area contributed by atoms with Crippen LogP contribution in [0, 0.1) is 5.92 Å². The Bertz CT molecular complexity index is 299. The minimum Gasteiger partial charge on any atom is -0.299 e. The van der Waals surface area contributed by atoms with Gasteiger partial charge in [0.1, 0.15) is 5.78 Å². The molecule has 1 aromatic heterocycles. The first-order valence-corrected chi connectivity index (χ1v) is 6.02. The molecule has 0 amide bonds. The van der Waals surface area contributed by atoms with Crippen LogP contribution in [0.1, 0.15) is 36.9 Å². The molecule has 0 saturated carbocycles. The van der Waals surface area contributed by atoms with Gasteiger partial charge in [-0.2, -0.15) is 0 Å². The quantitative estimate of drug-likeness (QED) is 0.727. The number of hydrogen-bond donors (Lipinski definition) is 0. The average Bonchev–Trinajstić information content (AvgIpc) is 2.50. The molecule has 0 aliphatic heterocycles. The Hall–Kier alpha value is -0.630. The Balaban J connectivity index is 2.47. The molecular formula is C12H18OS. The third-order valence-corrected chi connectivity index (χ3v) is 3.30. The van der Waals surface area contributed by atoms with E-state index >= 15 is 0 Å². The van der Waals surface area contributed by atoms with Gasteiger partial charge < -0.3 is 0 Å². The lowest BCUT2D eigenvalue weighted by atomic mass is 10.0. The van der Waals surface area contributed by atoms with E-state index in [0.29, 0.717) is 24.5 Å². The van der Waals surface area contributed by atoms with Crippen molar-refractivity contribution in [3.8, 4) is 0 Å². The number of hydrogen-bond acceptors (Lipinski definition) is 2. The second-order valence-electron chi connectivity index (χ2n) is 4.03. The van der Waals surface area contributed by atoms with Crippen molar-refractivity contribution < 1.29 is 4.79 Å². The summed E-state index contributed by atoms with van der Waals surface area (Å²) in [6.07, 6.45) is 2.41. The Kier molecular flexibility index (Phi) is 4.33. The standard InChI is InChI=1S/C12H18OS/c1-4-11-5-6-12(14-11)8-10(13)7-9(2)3/h5-6,9H,4,7-8H2,1-3H3. The van der Waals surface area contributed by atoms with Crippen LogP contribution in [0.2, 0.25) is 0 Å². The molecule has 14 heavy (non-hydrogen) atoms. The summed E-state index contributed by atoms with van der Waals surface area (Å²) in [4.78, 5) is 14.1. The van der Waals surface area contributed by atoms with Crippen LogP contribution in [-0.4, -0.2) is 5.78 Å². The Labute approximate surface area is 90.2 Å². The number of carbonyl (C=O) groups is 1. The zero-order valence-corrected chi connectivity index (χ0v) is 9.99. The van der Waals surface area contributed by atoms with Gasteiger partial charge in [-0.15, -0.1) is 11.3 Å². The van der Waals surface area contributed by atoms with Gasteiger partial charge in [0.15, 0.2) is 0 Å². The molecule has 78 valence electrons. The Morgan fingerprint density at radius 2 is 2.00 bits per heavy atom. The molecular weight excluding hydrogens is 192 g/mol. The van der Waals surface area contributed by atoms with Gasteiger partial charge in [-0.05, 0) is 24.5 Å². The fraction of sp³-hybridized carbons (Fsp3) is 0.583. The summed E-state index contributed by atoms with van der Waals surface area (Å²) in [6.45, 7) is 6.32. The van der Waals surface area contributed by atoms with E-state index in [1.54, 1.807) is 11.3 Å². The monoisotopic (exact) mass is 210 g/mol. The minimum absolute atomic E-state index is 0.365. The summed E-state index contributed by atoms with van der Waals surface area (Å²) >= 11 is 1.77. The number of rotatable bonds is 5. The number of aryl methyl sites for hydroxylation is 1. The lowest BCUT2D eigenvalue weighted by molar-refractivity contribution is -0.119. The van der Waals surface area contributed by atoms with E-state index in [-0.39, 0.29) is 0 Å². The van der Waals surface area contributed by atoms with Crippen molar-refractivity contribution in [2.24, 2.45) is 5.92 Å². The summed E-state index contributed by atoms with van der Waals surface area (Å²) < 4.78 is 0. The zero-order chi connectivity index (χ0) is 10.6. The van der Waals surface area contributed by atoms with Gasteiger partial charge in [0.05, 0.1) is 0 Å². The summed E-state index contributed by atoms with van der Waals surface area (Å²) in [5, 5.41) is 0. The molecule has 0 N–H and O–H groups in total. The van der Waals surface area contributed by atoms with Gasteiger partial charge in [0, 0.05) is 22.6 Å². The normalized spacial score (nSPS) is 10.9. The summed E-state index contributed by atoms with van der Waals surface area (Å²) in [5.74, 6) is 0.845. The van der Waals surface area contributed by atoms with Crippen molar-refractivity contribution in [1.82, 2.24) is 0 Å². The molecule has 0 aliphatic rings. The molecule has 0 unspecified atom stereocenters. The molecule has 0 radical (unpaired) electrons. The first-order chi connectivity index (χ1) is 6.61. The van der Waals surface area contributed by atoms with Crippen LogP contribution < -0.4 is 0 Å². The van der Waals surface area contributed by atoms with E-state index < -0.39 is 0 Å². The molecule has 1 rings (SSSR count). The SMILES string of the molecule is CCc1ccc(CC(=O)CC(C)C)s1. The zero-order valence-electron chi connectivity index (χ0n) is 9.17. The van der Waals surface area contributed by atoms with Crippen LogP contribution in [0.4, 0.5) is 0 Å².